The fraction of sp³-hybridized carbons (Fsp3) is 0.440. The highest BCUT2D eigenvalue weighted by molar-refractivity contribution is 5.79. The summed E-state index contributed by atoms with van der Waals surface area (Å²) in [6.45, 7) is 3.53. The maximum absolute atomic E-state index is 10.6. The molecule has 1 atom stereocenters. The Balaban J connectivity index is 1.52. The van der Waals surface area contributed by atoms with Crippen LogP contribution in [0.5, 0.6) is 11.5 Å². The lowest BCUT2D eigenvalue weighted by Gasteiger charge is -2.22. The SMILES string of the molecule is COc1cc(CN(C)C[C@@H](O)Cn2ccc3ccccc32)ccc1OCCCN(C)C. The third-order valence-corrected chi connectivity index (χ3v) is 5.30. The van der Waals surface area contributed by atoms with Crippen LogP contribution in [-0.2, 0) is 13.1 Å². The minimum Gasteiger partial charge on any atom is -0.493 e. The number of hydrogen-bond donors (Lipinski definition) is 1. The molecule has 0 aliphatic carbocycles. The smallest absolute Gasteiger partial charge is 0.161 e. The molecule has 0 saturated carbocycles. The lowest BCUT2D eigenvalue weighted by Crippen LogP contribution is -2.31. The Kier molecular flexibility index (Phi) is 8.35. The monoisotopic (exact) mass is 425 g/mol. The van der Waals surface area contributed by atoms with Gasteiger partial charge in [0, 0.05) is 37.9 Å². The maximum atomic E-state index is 10.6. The number of methoxy groups -OCH3 is 1. The van der Waals surface area contributed by atoms with Crippen molar-refractivity contribution in [1.29, 1.82) is 0 Å². The van der Waals surface area contributed by atoms with E-state index in [2.05, 4.69) is 52.7 Å². The molecule has 0 unspecified atom stereocenters. The minimum absolute atomic E-state index is 0.456. The van der Waals surface area contributed by atoms with Gasteiger partial charge in [-0.2, -0.15) is 0 Å². The van der Waals surface area contributed by atoms with E-state index in [4.69, 9.17) is 9.47 Å². The summed E-state index contributed by atoms with van der Waals surface area (Å²) in [6, 6.07) is 16.4. The Bertz CT molecular complexity index is 954. The average Bonchev–Trinajstić information content (AvgIpc) is 3.14. The van der Waals surface area contributed by atoms with E-state index in [0.29, 0.717) is 19.7 Å². The van der Waals surface area contributed by atoms with Crippen molar-refractivity contribution < 1.29 is 14.6 Å². The fourth-order valence-electron chi connectivity index (χ4n) is 3.81. The molecule has 0 spiro atoms. The van der Waals surface area contributed by atoms with Crippen LogP contribution in [-0.4, -0.2) is 73.5 Å². The lowest BCUT2D eigenvalue weighted by atomic mass is 10.2. The highest BCUT2D eigenvalue weighted by Gasteiger charge is 2.13. The number of aromatic nitrogens is 1. The molecule has 3 aromatic rings. The molecular formula is C25H35N3O3. The van der Waals surface area contributed by atoms with Crippen LogP contribution in [0.3, 0.4) is 0 Å². The second-order valence-corrected chi connectivity index (χ2v) is 8.37. The van der Waals surface area contributed by atoms with Crippen LogP contribution >= 0.6 is 0 Å². The summed E-state index contributed by atoms with van der Waals surface area (Å²) in [6.07, 6.45) is 2.55. The Hall–Kier alpha value is -2.54. The van der Waals surface area contributed by atoms with Gasteiger partial charge in [-0.15, -0.1) is 0 Å². The molecule has 31 heavy (non-hydrogen) atoms. The number of aliphatic hydroxyl groups is 1. The molecule has 6 heteroatoms. The Morgan fingerprint density at radius 1 is 1.03 bits per heavy atom. The highest BCUT2D eigenvalue weighted by Crippen LogP contribution is 2.28. The molecule has 2 aromatic carbocycles. The van der Waals surface area contributed by atoms with Crippen molar-refractivity contribution in [2.75, 3.05) is 47.9 Å². The van der Waals surface area contributed by atoms with Crippen LogP contribution in [0.15, 0.2) is 54.7 Å². The van der Waals surface area contributed by atoms with E-state index in [1.165, 1.54) is 5.39 Å². The van der Waals surface area contributed by atoms with Gasteiger partial charge in [-0.3, -0.25) is 4.90 Å². The molecule has 0 amide bonds. The van der Waals surface area contributed by atoms with Gasteiger partial charge in [0.05, 0.1) is 19.8 Å². The maximum Gasteiger partial charge on any atom is 0.161 e. The number of aliphatic hydroxyl groups excluding tert-OH is 1. The number of fused-ring (bicyclic) bond motifs is 1. The number of likely N-dealkylation sites (N-methyl/N-ethyl adjacent to an activating group) is 1. The van der Waals surface area contributed by atoms with Crippen molar-refractivity contribution in [3.8, 4) is 11.5 Å². The number of rotatable bonds is 12. The molecular weight excluding hydrogens is 390 g/mol. The quantitative estimate of drug-likeness (QED) is 0.450. The highest BCUT2D eigenvalue weighted by atomic mass is 16.5. The summed E-state index contributed by atoms with van der Waals surface area (Å²) < 4.78 is 13.5. The zero-order chi connectivity index (χ0) is 22.2. The predicted molar refractivity (Wildman–Crippen MR) is 126 cm³/mol. The van der Waals surface area contributed by atoms with Gasteiger partial charge in [0.15, 0.2) is 11.5 Å². The summed E-state index contributed by atoms with van der Waals surface area (Å²) in [5, 5.41) is 11.8. The summed E-state index contributed by atoms with van der Waals surface area (Å²) in [7, 11) is 7.81. The van der Waals surface area contributed by atoms with Crippen molar-refractivity contribution in [2.24, 2.45) is 0 Å². The zero-order valence-corrected chi connectivity index (χ0v) is 19.1. The Labute approximate surface area is 185 Å². The first-order valence-corrected chi connectivity index (χ1v) is 10.8. The standard InChI is InChI=1S/C25H35N3O3/c1-26(2)13-7-15-31-24-11-10-20(16-25(24)30-4)17-27(3)18-22(29)19-28-14-12-21-8-5-6-9-23(21)28/h5-6,8-12,14,16,22,29H,7,13,15,17-19H2,1-4H3/t22-/m1/s1. The summed E-state index contributed by atoms with van der Waals surface area (Å²) in [4.78, 5) is 4.27. The number of nitrogens with zero attached hydrogens (tertiary/aromatic N) is 3. The van der Waals surface area contributed by atoms with Crippen molar-refractivity contribution in [3.63, 3.8) is 0 Å². The number of ether oxygens (including phenoxy) is 2. The largest absolute Gasteiger partial charge is 0.493 e. The predicted octanol–water partition coefficient (Wildman–Crippen LogP) is 3.47. The van der Waals surface area contributed by atoms with Crippen LogP contribution in [0.25, 0.3) is 10.9 Å². The molecule has 1 N–H and O–H groups in total. The molecule has 0 bridgehead atoms. The van der Waals surface area contributed by atoms with E-state index < -0.39 is 6.10 Å². The van der Waals surface area contributed by atoms with Crippen molar-refractivity contribution in [2.45, 2.75) is 25.6 Å². The molecule has 6 nitrogen and oxygen atoms in total. The first kappa shape index (κ1) is 23.1. The number of para-hydroxylation sites is 1. The van der Waals surface area contributed by atoms with Crippen LogP contribution in [0, 0.1) is 0 Å². The molecule has 0 aliphatic rings. The van der Waals surface area contributed by atoms with Gasteiger partial charge in [-0.05, 0) is 62.8 Å². The van der Waals surface area contributed by atoms with Crippen molar-refractivity contribution >= 4 is 10.9 Å². The van der Waals surface area contributed by atoms with E-state index in [9.17, 15) is 5.11 Å². The second kappa shape index (κ2) is 11.2. The van der Waals surface area contributed by atoms with E-state index in [1.54, 1.807) is 7.11 Å². The van der Waals surface area contributed by atoms with Crippen LogP contribution < -0.4 is 9.47 Å². The number of benzene rings is 2. The average molecular weight is 426 g/mol. The van der Waals surface area contributed by atoms with E-state index in [1.807, 2.05) is 37.5 Å². The molecule has 0 saturated heterocycles. The van der Waals surface area contributed by atoms with Crippen molar-refractivity contribution in [1.82, 2.24) is 14.4 Å². The third kappa shape index (κ3) is 6.72. The third-order valence-electron chi connectivity index (χ3n) is 5.30. The normalized spacial score (nSPS) is 12.6. The topological polar surface area (TPSA) is 50.1 Å². The second-order valence-electron chi connectivity index (χ2n) is 8.37. The molecule has 168 valence electrons. The number of hydrogen-bond acceptors (Lipinski definition) is 5. The van der Waals surface area contributed by atoms with Crippen LogP contribution in [0.1, 0.15) is 12.0 Å². The molecule has 1 heterocycles. The van der Waals surface area contributed by atoms with E-state index >= 15 is 0 Å². The van der Waals surface area contributed by atoms with Crippen LogP contribution in [0.4, 0.5) is 0 Å². The van der Waals surface area contributed by atoms with E-state index in [0.717, 1.165) is 42.1 Å². The van der Waals surface area contributed by atoms with Gasteiger partial charge in [0.25, 0.3) is 0 Å². The van der Waals surface area contributed by atoms with Gasteiger partial charge in [0.2, 0.25) is 0 Å². The van der Waals surface area contributed by atoms with E-state index in [-0.39, 0.29) is 0 Å². The summed E-state index contributed by atoms with van der Waals surface area (Å²) in [5.74, 6) is 1.52. The molecule has 0 aliphatic heterocycles. The van der Waals surface area contributed by atoms with Gasteiger partial charge in [-0.25, -0.2) is 0 Å². The summed E-state index contributed by atoms with van der Waals surface area (Å²) >= 11 is 0. The minimum atomic E-state index is -0.456. The van der Waals surface area contributed by atoms with Crippen molar-refractivity contribution in [3.05, 3.63) is 60.3 Å². The summed E-state index contributed by atoms with van der Waals surface area (Å²) in [5.41, 5.74) is 2.27. The first-order valence-electron chi connectivity index (χ1n) is 10.8. The molecule has 1 aromatic heterocycles. The van der Waals surface area contributed by atoms with Gasteiger partial charge < -0.3 is 24.0 Å². The Morgan fingerprint density at radius 2 is 1.84 bits per heavy atom. The zero-order valence-electron chi connectivity index (χ0n) is 19.1. The molecule has 3 rings (SSSR count). The lowest BCUT2D eigenvalue weighted by molar-refractivity contribution is 0.108. The van der Waals surface area contributed by atoms with Gasteiger partial charge in [0.1, 0.15) is 0 Å². The Morgan fingerprint density at radius 3 is 2.61 bits per heavy atom. The van der Waals surface area contributed by atoms with Gasteiger partial charge >= 0.3 is 0 Å². The van der Waals surface area contributed by atoms with Gasteiger partial charge in [-0.1, -0.05) is 24.3 Å². The fourth-order valence-corrected chi connectivity index (χ4v) is 3.81. The first-order chi connectivity index (χ1) is 15.0. The molecule has 0 radical (unpaired) electrons. The molecule has 0 fully saturated rings. The van der Waals surface area contributed by atoms with Crippen LogP contribution in [0.2, 0.25) is 0 Å².